The first kappa shape index (κ1) is 22.5. The fourth-order valence-electron chi connectivity index (χ4n) is 2.61. The Morgan fingerprint density at radius 3 is 2.24 bits per heavy atom. The van der Waals surface area contributed by atoms with Gasteiger partial charge in [-0.15, -0.1) is 0 Å². The summed E-state index contributed by atoms with van der Waals surface area (Å²) in [6, 6.07) is 7.49. The van der Waals surface area contributed by atoms with Gasteiger partial charge in [-0.2, -0.15) is 0 Å². The van der Waals surface area contributed by atoms with Gasteiger partial charge in [0.25, 0.3) is 5.91 Å². The van der Waals surface area contributed by atoms with Gasteiger partial charge in [0.2, 0.25) is 11.7 Å². The summed E-state index contributed by atoms with van der Waals surface area (Å²) in [6.45, 7) is -0.175. The van der Waals surface area contributed by atoms with Crippen LogP contribution in [0.3, 0.4) is 0 Å². The molecule has 156 valence electrons. The molecule has 29 heavy (non-hydrogen) atoms. The number of halogens is 2. The van der Waals surface area contributed by atoms with E-state index >= 15 is 0 Å². The van der Waals surface area contributed by atoms with Gasteiger partial charge in [-0.05, 0) is 30.3 Å². The number of hydrogen-bond donors (Lipinski definition) is 1. The van der Waals surface area contributed by atoms with Crippen molar-refractivity contribution in [3.8, 4) is 17.2 Å². The molecule has 0 bridgehead atoms. The molecule has 0 heterocycles. The van der Waals surface area contributed by atoms with Crippen molar-refractivity contribution >= 4 is 27.7 Å². The minimum Gasteiger partial charge on any atom is -0.493 e. The molecule has 0 aliphatic heterocycles. The number of carbonyl (C=O) groups excluding carboxylic acids is 2. The number of methoxy groups -OCH3 is 3. The van der Waals surface area contributed by atoms with Gasteiger partial charge in [0.05, 0.1) is 27.9 Å². The lowest BCUT2D eigenvalue weighted by Crippen LogP contribution is -2.38. The fraction of sp³-hybridized carbons (Fsp3) is 0.300. The highest BCUT2D eigenvalue weighted by Crippen LogP contribution is 2.38. The van der Waals surface area contributed by atoms with E-state index in [9.17, 15) is 14.0 Å². The number of hydrogen-bond acceptors (Lipinski definition) is 5. The van der Waals surface area contributed by atoms with E-state index in [1.807, 2.05) is 0 Å². The molecule has 0 saturated carbocycles. The van der Waals surface area contributed by atoms with Gasteiger partial charge in [0.15, 0.2) is 11.5 Å². The third-order valence-electron chi connectivity index (χ3n) is 4.17. The van der Waals surface area contributed by atoms with E-state index in [0.717, 1.165) is 0 Å². The Kier molecular flexibility index (Phi) is 7.83. The van der Waals surface area contributed by atoms with Crippen molar-refractivity contribution in [3.63, 3.8) is 0 Å². The van der Waals surface area contributed by atoms with Crippen LogP contribution >= 0.6 is 15.9 Å². The monoisotopic (exact) mass is 468 g/mol. The molecule has 7 nitrogen and oxygen atoms in total. The summed E-state index contributed by atoms with van der Waals surface area (Å²) in [5, 5.41) is 2.55. The second kappa shape index (κ2) is 10.1. The van der Waals surface area contributed by atoms with E-state index < -0.39 is 11.7 Å². The van der Waals surface area contributed by atoms with Gasteiger partial charge in [-0.25, -0.2) is 4.39 Å². The molecular formula is C20H22BrFN2O5. The lowest BCUT2D eigenvalue weighted by atomic mass is 10.1. The maximum atomic E-state index is 13.9. The SMILES string of the molecule is COc1cc(C(=O)NCC(=O)N(C)Cc2cc(Br)ccc2F)cc(OC)c1OC. The zero-order chi connectivity index (χ0) is 21.6. The summed E-state index contributed by atoms with van der Waals surface area (Å²) < 4.78 is 30.2. The summed E-state index contributed by atoms with van der Waals surface area (Å²) in [4.78, 5) is 26.1. The molecule has 1 N–H and O–H groups in total. The van der Waals surface area contributed by atoms with E-state index in [2.05, 4.69) is 21.2 Å². The predicted octanol–water partition coefficient (Wildman–Crippen LogP) is 3.00. The van der Waals surface area contributed by atoms with Crippen LogP contribution in [0.5, 0.6) is 17.2 Å². The van der Waals surface area contributed by atoms with Crippen LogP contribution in [0.25, 0.3) is 0 Å². The minimum atomic E-state index is -0.486. The molecule has 2 aromatic rings. The van der Waals surface area contributed by atoms with Gasteiger partial charge >= 0.3 is 0 Å². The number of ether oxygens (including phenoxy) is 3. The molecule has 0 unspecified atom stereocenters. The quantitative estimate of drug-likeness (QED) is 0.644. The van der Waals surface area contributed by atoms with Crippen LogP contribution in [-0.2, 0) is 11.3 Å². The van der Waals surface area contributed by atoms with Crippen molar-refractivity contribution in [3.05, 3.63) is 51.7 Å². The van der Waals surface area contributed by atoms with Gasteiger partial charge in [-0.1, -0.05) is 15.9 Å². The average Bonchev–Trinajstić information content (AvgIpc) is 2.72. The average molecular weight is 469 g/mol. The Morgan fingerprint density at radius 1 is 1.07 bits per heavy atom. The van der Waals surface area contributed by atoms with Crippen molar-refractivity contribution in [2.45, 2.75) is 6.54 Å². The third-order valence-corrected chi connectivity index (χ3v) is 4.66. The molecule has 2 amide bonds. The number of likely N-dealkylation sites (N-methyl/N-ethyl adjacent to an activating group) is 1. The molecule has 0 saturated heterocycles. The summed E-state index contributed by atoms with van der Waals surface area (Å²) in [6.07, 6.45) is 0. The highest BCUT2D eigenvalue weighted by atomic mass is 79.9. The first-order valence-electron chi connectivity index (χ1n) is 8.56. The van der Waals surface area contributed by atoms with Crippen LogP contribution in [0.15, 0.2) is 34.8 Å². The molecule has 9 heteroatoms. The molecule has 2 aromatic carbocycles. The van der Waals surface area contributed by atoms with Crippen molar-refractivity contribution in [1.29, 1.82) is 0 Å². The number of amides is 2. The number of rotatable bonds is 8. The fourth-order valence-corrected chi connectivity index (χ4v) is 3.02. The Balaban J connectivity index is 2.04. The second-order valence-corrected chi connectivity index (χ2v) is 7.00. The van der Waals surface area contributed by atoms with Crippen LogP contribution in [0.2, 0.25) is 0 Å². The Labute approximate surface area is 176 Å². The van der Waals surface area contributed by atoms with E-state index in [4.69, 9.17) is 14.2 Å². The van der Waals surface area contributed by atoms with E-state index in [-0.39, 0.29) is 24.6 Å². The second-order valence-electron chi connectivity index (χ2n) is 6.08. The normalized spacial score (nSPS) is 10.3. The van der Waals surface area contributed by atoms with Crippen molar-refractivity contribution in [1.82, 2.24) is 10.2 Å². The summed E-state index contributed by atoms with van der Waals surface area (Å²) >= 11 is 3.28. The molecular weight excluding hydrogens is 447 g/mol. The molecule has 0 aliphatic rings. The number of nitrogens with zero attached hydrogens (tertiary/aromatic N) is 1. The molecule has 0 aliphatic carbocycles. The first-order chi connectivity index (χ1) is 13.8. The molecule has 0 aromatic heterocycles. The minimum absolute atomic E-state index is 0.0736. The third kappa shape index (κ3) is 5.60. The Morgan fingerprint density at radius 2 is 1.69 bits per heavy atom. The van der Waals surface area contributed by atoms with Crippen LogP contribution < -0.4 is 19.5 Å². The molecule has 0 atom stereocenters. The van der Waals surface area contributed by atoms with Gasteiger partial charge in [0, 0.05) is 29.2 Å². The lowest BCUT2D eigenvalue weighted by Gasteiger charge is -2.18. The molecule has 0 radical (unpaired) electrons. The topological polar surface area (TPSA) is 77.1 Å². The molecule has 2 rings (SSSR count). The highest BCUT2D eigenvalue weighted by molar-refractivity contribution is 9.10. The zero-order valence-corrected chi connectivity index (χ0v) is 18.1. The van der Waals surface area contributed by atoms with Gasteiger partial charge in [-0.3, -0.25) is 9.59 Å². The van der Waals surface area contributed by atoms with Crippen molar-refractivity contribution in [2.24, 2.45) is 0 Å². The smallest absolute Gasteiger partial charge is 0.251 e. The maximum absolute atomic E-state index is 13.9. The first-order valence-corrected chi connectivity index (χ1v) is 9.36. The summed E-state index contributed by atoms with van der Waals surface area (Å²) in [5.74, 6) is -0.256. The standard InChI is InChI=1S/C20H22BrFN2O5/c1-24(11-13-7-14(21)5-6-15(13)22)18(25)10-23-20(26)12-8-16(27-2)19(29-4)17(9-12)28-3/h5-9H,10-11H2,1-4H3,(H,23,26). The maximum Gasteiger partial charge on any atom is 0.251 e. The van der Waals surface area contributed by atoms with Crippen molar-refractivity contribution < 1.29 is 28.2 Å². The lowest BCUT2D eigenvalue weighted by molar-refractivity contribution is -0.129. The Bertz CT molecular complexity index is 881. The highest BCUT2D eigenvalue weighted by Gasteiger charge is 2.18. The van der Waals surface area contributed by atoms with Crippen LogP contribution in [0.1, 0.15) is 15.9 Å². The Hall–Kier alpha value is -2.81. The van der Waals surface area contributed by atoms with Crippen molar-refractivity contribution in [2.75, 3.05) is 34.9 Å². The van der Waals surface area contributed by atoms with Gasteiger partial charge < -0.3 is 24.4 Å². The van der Waals surface area contributed by atoms with Crippen LogP contribution in [-0.4, -0.2) is 51.6 Å². The summed E-state index contributed by atoms with van der Waals surface area (Å²) in [7, 11) is 5.88. The summed E-state index contributed by atoms with van der Waals surface area (Å²) in [5.41, 5.74) is 0.610. The number of benzene rings is 2. The largest absolute Gasteiger partial charge is 0.493 e. The van der Waals surface area contributed by atoms with Crippen LogP contribution in [0.4, 0.5) is 4.39 Å². The van der Waals surface area contributed by atoms with E-state index in [1.54, 1.807) is 12.1 Å². The predicted molar refractivity (Wildman–Crippen MR) is 109 cm³/mol. The van der Waals surface area contributed by atoms with E-state index in [1.165, 1.54) is 51.5 Å². The molecule has 0 spiro atoms. The molecule has 0 fully saturated rings. The van der Waals surface area contributed by atoms with Gasteiger partial charge in [0.1, 0.15) is 5.82 Å². The van der Waals surface area contributed by atoms with Crippen LogP contribution in [0, 0.1) is 5.82 Å². The number of carbonyl (C=O) groups is 2. The van der Waals surface area contributed by atoms with E-state index in [0.29, 0.717) is 27.3 Å². The number of nitrogens with one attached hydrogen (secondary N) is 1. The zero-order valence-electron chi connectivity index (χ0n) is 16.5.